The molecule has 1 saturated heterocycles. The van der Waals surface area contributed by atoms with Crippen molar-refractivity contribution in [2.45, 2.75) is 17.5 Å². The molecule has 134 valence electrons. The molecule has 2 atom stereocenters. The van der Waals surface area contributed by atoms with Crippen LogP contribution in [0.4, 0.5) is 0 Å². The molecule has 0 radical (unpaired) electrons. The van der Waals surface area contributed by atoms with Gasteiger partial charge in [-0.05, 0) is 17.7 Å². The third-order valence-corrected chi connectivity index (χ3v) is 5.73. The summed E-state index contributed by atoms with van der Waals surface area (Å²) in [5.41, 5.74) is -1.29. The van der Waals surface area contributed by atoms with Gasteiger partial charge in [-0.2, -0.15) is 0 Å². The van der Waals surface area contributed by atoms with Gasteiger partial charge >= 0.3 is 5.97 Å². The molecule has 1 aromatic heterocycles. The number of amides is 2. The lowest BCUT2D eigenvalue weighted by atomic mass is 9.98. The van der Waals surface area contributed by atoms with Crippen LogP contribution in [0.5, 0.6) is 0 Å². The number of carboxylic acid groups (broad SMARTS) is 1. The summed E-state index contributed by atoms with van der Waals surface area (Å²) in [5.74, 6) is -1.55. The number of β-lactam (4-membered cyclic amide) rings is 1. The van der Waals surface area contributed by atoms with E-state index >= 15 is 0 Å². The molecule has 1 unspecified atom stereocenters. The van der Waals surface area contributed by atoms with Crippen LogP contribution >= 0.6 is 23.4 Å². The van der Waals surface area contributed by atoms with Crippen LogP contribution in [0, 0.1) is 0 Å². The summed E-state index contributed by atoms with van der Waals surface area (Å²) >= 11 is 7.08. The summed E-state index contributed by atoms with van der Waals surface area (Å²) in [6.07, 6.45) is 1.39. The molecule has 25 heavy (non-hydrogen) atoms. The van der Waals surface area contributed by atoms with Gasteiger partial charge in [0.2, 0.25) is 5.91 Å². The Balaban J connectivity index is 1.82. The van der Waals surface area contributed by atoms with Gasteiger partial charge in [0.05, 0.1) is 12.7 Å². The van der Waals surface area contributed by atoms with E-state index in [0.29, 0.717) is 17.1 Å². The molecule has 0 spiro atoms. The normalized spacial score (nSPS) is 25.4. The van der Waals surface area contributed by atoms with Crippen LogP contribution in [0.15, 0.2) is 34.1 Å². The smallest absolute Gasteiger partial charge is 0.352 e. The Bertz CT molecular complexity index is 749. The van der Waals surface area contributed by atoms with Crippen LogP contribution in [0.2, 0.25) is 0 Å². The molecule has 0 aromatic carbocycles. The topological polar surface area (TPSA) is 109 Å². The number of ether oxygens (including phenoxy) is 1. The van der Waals surface area contributed by atoms with Crippen LogP contribution in [0.1, 0.15) is 5.76 Å². The lowest BCUT2D eigenvalue weighted by Crippen LogP contribution is -2.80. The van der Waals surface area contributed by atoms with Gasteiger partial charge in [-0.3, -0.25) is 14.5 Å². The summed E-state index contributed by atoms with van der Waals surface area (Å²) in [5, 5.41) is 11.3. The first-order chi connectivity index (χ1) is 11.9. The lowest BCUT2D eigenvalue weighted by Gasteiger charge is -2.55. The highest BCUT2D eigenvalue weighted by atomic mass is 35.5. The van der Waals surface area contributed by atoms with Crippen LogP contribution in [0.3, 0.4) is 0 Å². The fourth-order valence-corrected chi connectivity index (χ4v) is 4.64. The van der Waals surface area contributed by atoms with Crippen LogP contribution in [-0.2, 0) is 25.5 Å². The summed E-state index contributed by atoms with van der Waals surface area (Å²) in [6, 6.07) is 3.29. The number of nitrogens with zero attached hydrogens (tertiary/aromatic N) is 1. The van der Waals surface area contributed by atoms with Crippen molar-refractivity contribution in [2.24, 2.45) is 0 Å². The minimum atomic E-state index is -1.60. The number of halogens is 1. The number of carbonyl (C=O) groups is 3. The maximum absolute atomic E-state index is 12.7. The average molecular weight is 387 g/mol. The number of alkyl halides is 1. The molecule has 1 fully saturated rings. The summed E-state index contributed by atoms with van der Waals surface area (Å²) in [4.78, 5) is 37.6. The van der Waals surface area contributed by atoms with Crippen LogP contribution in [0.25, 0.3) is 0 Å². The van der Waals surface area contributed by atoms with E-state index in [1.807, 2.05) is 0 Å². The molecule has 10 heteroatoms. The van der Waals surface area contributed by atoms with Gasteiger partial charge in [-0.1, -0.05) is 0 Å². The molecule has 0 saturated carbocycles. The van der Waals surface area contributed by atoms with E-state index in [1.54, 1.807) is 12.1 Å². The molecular weight excluding hydrogens is 372 g/mol. The number of thioether (sulfide) groups is 1. The molecule has 2 N–H and O–H groups in total. The number of methoxy groups -OCH3 is 1. The quantitative estimate of drug-likeness (QED) is 0.422. The second-order valence-electron chi connectivity index (χ2n) is 5.47. The zero-order chi connectivity index (χ0) is 18.2. The number of hydrogen-bond acceptors (Lipinski definition) is 6. The number of hydrogen-bond donors (Lipinski definition) is 2. The van der Waals surface area contributed by atoms with E-state index in [0.717, 1.165) is 4.90 Å². The molecule has 3 rings (SSSR count). The fourth-order valence-electron chi connectivity index (χ4n) is 2.87. The van der Waals surface area contributed by atoms with Crippen molar-refractivity contribution in [3.8, 4) is 0 Å². The van der Waals surface area contributed by atoms with E-state index in [4.69, 9.17) is 20.8 Å². The summed E-state index contributed by atoms with van der Waals surface area (Å²) < 4.78 is 10.4. The van der Waals surface area contributed by atoms with Crippen molar-refractivity contribution in [3.63, 3.8) is 0 Å². The average Bonchev–Trinajstić information content (AvgIpc) is 3.10. The molecule has 0 bridgehead atoms. The van der Waals surface area contributed by atoms with Gasteiger partial charge in [0.25, 0.3) is 11.6 Å². The predicted molar refractivity (Wildman–Crippen MR) is 88.8 cm³/mol. The minimum absolute atomic E-state index is 0.00989. The van der Waals surface area contributed by atoms with Crippen molar-refractivity contribution in [3.05, 3.63) is 35.4 Å². The SMILES string of the molecule is COC1(NC(=O)Cc2ccco2)C(=O)N2C(C(=O)O)=C(CCl)CS[C@@H]21. The number of rotatable bonds is 6. The van der Waals surface area contributed by atoms with E-state index in [2.05, 4.69) is 5.32 Å². The molecule has 2 amide bonds. The molecule has 3 heterocycles. The Hall–Kier alpha value is -1.97. The highest BCUT2D eigenvalue weighted by Crippen LogP contribution is 2.46. The number of fused-ring (bicyclic) bond motifs is 1. The molecule has 2 aliphatic heterocycles. The Morgan fingerprint density at radius 3 is 2.92 bits per heavy atom. The highest BCUT2D eigenvalue weighted by Gasteiger charge is 2.66. The standard InChI is InChI=1S/C15H15ClN2O6S/c1-23-15(17-10(19)5-9-3-2-4-24-9)13(22)18-11(12(20)21)8(6-16)7-25-14(15)18/h2-4,14H,5-7H2,1H3,(H,17,19)(H,20,21)/t14-,15?/m1/s1. The van der Waals surface area contributed by atoms with Gasteiger partial charge in [-0.15, -0.1) is 23.4 Å². The zero-order valence-corrected chi connectivity index (χ0v) is 14.7. The van der Waals surface area contributed by atoms with E-state index < -0.39 is 28.9 Å². The van der Waals surface area contributed by atoms with Gasteiger partial charge in [-0.25, -0.2) is 4.79 Å². The van der Waals surface area contributed by atoms with Crippen LogP contribution < -0.4 is 5.32 Å². The Morgan fingerprint density at radius 2 is 2.36 bits per heavy atom. The number of furan rings is 1. The van der Waals surface area contributed by atoms with Crippen molar-refractivity contribution >= 4 is 41.1 Å². The molecular formula is C15H15ClN2O6S. The molecule has 8 nitrogen and oxygen atoms in total. The monoisotopic (exact) mass is 386 g/mol. The van der Waals surface area contributed by atoms with Gasteiger partial charge in [0.15, 0.2) is 0 Å². The van der Waals surface area contributed by atoms with Crippen molar-refractivity contribution in [1.82, 2.24) is 10.2 Å². The second kappa shape index (κ2) is 6.74. The van der Waals surface area contributed by atoms with Crippen LogP contribution in [-0.4, -0.2) is 57.6 Å². The highest BCUT2D eigenvalue weighted by molar-refractivity contribution is 8.00. The van der Waals surface area contributed by atoms with Gasteiger partial charge in [0, 0.05) is 18.7 Å². The Morgan fingerprint density at radius 1 is 1.60 bits per heavy atom. The number of nitrogens with one attached hydrogen (secondary N) is 1. The minimum Gasteiger partial charge on any atom is -0.477 e. The number of aliphatic carboxylic acids is 1. The lowest BCUT2D eigenvalue weighted by molar-refractivity contribution is -0.192. The van der Waals surface area contributed by atoms with E-state index in [-0.39, 0.29) is 18.0 Å². The van der Waals surface area contributed by atoms with Crippen molar-refractivity contribution in [2.75, 3.05) is 18.7 Å². The first-order valence-corrected chi connectivity index (χ1v) is 8.88. The molecule has 2 aliphatic rings. The fraction of sp³-hybridized carbons (Fsp3) is 0.400. The third kappa shape index (κ3) is 2.82. The van der Waals surface area contributed by atoms with Gasteiger partial charge < -0.3 is 19.6 Å². The second-order valence-corrected chi connectivity index (χ2v) is 6.81. The maximum atomic E-state index is 12.7. The molecule has 0 aliphatic carbocycles. The largest absolute Gasteiger partial charge is 0.477 e. The first-order valence-electron chi connectivity index (χ1n) is 7.29. The van der Waals surface area contributed by atoms with Crippen molar-refractivity contribution < 1.29 is 28.6 Å². The first kappa shape index (κ1) is 17.8. The van der Waals surface area contributed by atoms with Crippen molar-refractivity contribution in [1.29, 1.82) is 0 Å². The predicted octanol–water partition coefficient (Wildman–Crippen LogP) is 0.774. The summed E-state index contributed by atoms with van der Waals surface area (Å²) in [7, 11) is 1.30. The Kier molecular flexibility index (Phi) is 4.81. The summed E-state index contributed by atoms with van der Waals surface area (Å²) in [6.45, 7) is 0. The molecule has 1 aromatic rings. The number of carboxylic acids is 1. The Labute approximate surface area is 152 Å². The number of carbonyl (C=O) groups excluding carboxylic acids is 2. The maximum Gasteiger partial charge on any atom is 0.352 e. The van der Waals surface area contributed by atoms with Gasteiger partial charge in [0.1, 0.15) is 16.8 Å². The third-order valence-electron chi connectivity index (χ3n) is 4.04. The zero-order valence-electron chi connectivity index (χ0n) is 13.2. The van der Waals surface area contributed by atoms with E-state index in [1.165, 1.54) is 25.1 Å². The van der Waals surface area contributed by atoms with E-state index in [9.17, 15) is 19.5 Å².